The van der Waals surface area contributed by atoms with E-state index in [1.807, 2.05) is 58.9 Å². The lowest BCUT2D eigenvalue weighted by Crippen LogP contribution is -2.41. The Morgan fingerprint density at radius 2 is 1.84 bits per heavy atom. The first-order chi connectivity index (χ1) is 11.6. The van der Waals surface area contributed by atoms with Crippen molar-refractivity contribution in [1.82, 2.24) is 5.32 Å². The number of ether oxygens (including phenoxy) is 1. The molecule has 1 aliphatic heterocycles. The zero-order chi connectivity index (χ0) is 18.8. The van der Waals surface area contributed by atoms with Gasteiger partial charge in [0.1, 0.15) is 5.75 Å². The number of benzene rings is 1. The van der Waals surface area contributed by atoms with Gasteiger partial charge in [-0.3, -0.25) is 4.79 Å². The highest BCUT2D eigenvalue weighted by Crippen LogP contribution is 2.39. The summed E-state index contributed by atoms with van der Waals surface area (Å²) in [7, 11) is 1.12. The molecule has 2 rings (SSSR count). The predicted octanol–water partition coefficient (Wildman–Crippen LogP) is 3.15. The Morgan fingerprint density at radius 3 is 2.36 bits per heavy atom. The van der Waals surface area contributed by atoms with Crippen LogP contribution < -0.4 is 10.1 Å². The van der Waals surface area contributed by atoms with Crippen molar-refractivity contribution in [1.29, 1.82) is 0 Å². The fourth-order valence-electron chi connectivity index (χ4n) is 2.56. The monoisotopic (exact) mass is 345 g/mol. The topological polar surface area (TPSA) is 56.8 Å². The molecule has 1 N–H and O–H groups in total. The zero-order valence-electron chi connectivity index (χ0n) is 16.2. The second-order valence-electron chi connectivity index (χ2n) is 7.46. The van der Waals surface area contributed by atoms with Crippen LogP contribution in [0, 0.1) is 6.92 Å². The molecule has 1 fully saturated rings. The van der Waals surface area contributed by atoms with E-state index in [0.29, 0.717) is 6.54 Å². The van der Waals surface area contributed by atoms with E-state index >= 15 is 0 Å². The standard InChI is InChI=1S/C19H28BNO4/c1-13-8-9-15(17(10-13)23-7)11-16(12-21-14(2)22)20-24-18(3,4)19(5,6)25-20/h8-11H,12H2,1-7H3,(H,21,22). The molecule has 0 bridgehead atoms. The molecule has 1 amide bonds. The van der Waals surface area contributed by atoms with Crippen molar-refractivity contribution in [3.63, 3.8) is 0 Å². The highest BCUT2D eigenvalue weighted by Gasteiger charge is 2.52. The molecule has 0 unspecified atom stereocenters. The van der Waals surface area contributed by atoms with Gasteiger partial charge in [-0.25, -0.2) is 0 Å². The lowest BCUT2D eigenvalue weighted by Gasteiger charge is -2.32. The molecule has 25 heavy (non-hydrogen) atoms. The fraction of sp³-hybridized carbons (Fsp3) is 0.526. The average Bonchev–Trinajstić information content (AvgIpc) is 2.72. The number of carbonyl (C=O) groups is 1. The van der Waals surface area contributed by atoms with Crippen LogP contribution in [-0.2, 0) is 14.1 Å². The minimum Gasteiger partial charge on any atom is -0.496 e. The van der Waals surface area contributed by atoms with Gasteiger partial charge in [0.25, 0.3) is 0 Å². The number of hydrogen-bond donors (Lipinski definition) is 1. The third-order valence-corrected chi connectivity index (χ3v) is 4.83. The maximum Gasteiger partial charge on any atom is 0.492 e. The SMILES string of the molecule is COc1cc(C)ccc1C=C(CNC(C)=O)B1OC(C)(C)C(C)(C)O1. The normalized spacial score (nSPS) is 19.0. The number of carbonyl (C=O) groups excluding carboxylic acids is 1. The van der Waals surface area contributed by atoms with E-state index < -0.39 is 18.3 Å². The highest BCUT2D eigenvalue weighted by atomic mass is 16.7. The summed E-state index contributed by atoms with van der Waals surface area (Å²) < 4.78 is 17.8. The van der Waals surface area contributed by atoms with Crippen LogP contribution in [-0.4, -0.2) is 37.9 Å². The summed E-state index contributed by atoms with van der Waals surface area (Å²) in [5, 5.41) is 2.84. The molecule has 6 heteroatoms. The number of amides is 1. The van der Waals surface area contributed by atoms with Gasteiger partial charge in [-0.15, -0.1) is 0 Å². The van der Waals surface area contributed by atoms with Gasteiger partial charge in [-0.05, 0) is 51.7 Å². The molecule has 0 spiro atoms. The summed E-state index contributed by atoms with van der Waals surface area (Å²) in [4.78, 5) is 11.4. The molecule has 0 atom stereocenters. The van der Waals surface area contributed by atoms with Crippen molar-refractivity contribution in [2.75, 3.05) is 13.7 Å². The number of methoxy groups -OCH3 is 1. The lowest BCUT2D eigenvalue weighted by atomic mass is 9.77. The molecule has 1 aliphatic rings. The first-order valence-corrected chi connectivity index (χ1v) is 8.51. The van der Waals surface area contributed by atoms with Crippen molar-refractivity contribution in [2.45, 2.75) is 52.7 Å². The van der Waals surface area contributed by atoms with Crippen LogP contribution in [0.3, 0.4) is 0 Å². The summed E-state index contributed by atoms with van der Waals surface area (Å²) >= 11 is 0. The molecule has 0 radical (unpaired) electrons. The van der Waals surface area contributed by atoms with Gasteiger partial charge < -0.3 is 19.4 Å². The van der Waals surface area contributed by atoms with Gasteiger partial charge in [0, 0.05) is 19.0 Å². The van der Waals surface area contributed by atoms with Gasteiger partial charge in [-0.1, -0.05) is 18.2 Å². The van der Waals surface area contributed by atoms with Crippen LogP contribution in [0.4, 0.5) is 0 Å². The largest absolute Gasteiger partial charge is 0.496 e. The van der Waals surface area contributed by atoms with Gasteiger partial charge in [0.15, 0.2) is 0 Å². The van der Waals surface area contributed by atoms with Crippen LogP contribution in [0.25, 0.3) is 6.08 Å². The van der Waals surface area contributed by atoms with E-state index in [1.54, 1.807) is 7.11 Å². The Labute approximate surface area is 150 Å². The first-order valence-electron chi connectivity index (χ1n) is 8.51. The van der Waals surface area contributed by atoms with Crippen molar-refractivity contribution in [3.05, 3.63) is 34.8 Å². The van der Waals surface area contributed by atoms with Crippen LogP contribution >= 0.6 is 0 Å². The Kier molecular flexibility index (Phi) is 5.64. The molecule has 1 aromatic carbocycles. The Hall–Kier alpha value is -1.79. The van der Waals surface area contributed by atoms with Crippen molar-refractivity contribution in [2.24, 2.45) is 0 Å². The number of rotatable bonds is 5. The molecular weight excluding hydrogens is 317 g/mol. The van der Waals surface area contributed by atoms with E-state index in [9.17, 15) is 4.79 Å². The van der Waals surface area contributed by atoms with E-state index in [4.69, 9.17) is 14.0 Å². The Balaban J connectivity index is 2.38. The molecule has 136 valence electrons. The molecule has 0 saturated carbocycles. The molecule has 0 aromatic heterocycles. The van der Waals surface area contributed by atoms with Gasteiger partial charge in [0.2, 0.25) is 5.91 Å². The van der Waals surface area contributed by atoms with Gasteiger partial charge in [0.05, 0.1) is 18.3 Å². The predicted molar refractivity (Wildman–Crippen MR) is 100 cm³/mol. The van der Waals surface area contributed by atoms with E-state index in [-0.39, 0.29) is 5.91 Å². The summed E-state index contributed by atoms with van der Waals surface area (Å²) in [6, 6.07) is 5.99. The first kappa shape index (κ1) is 19.5. The molecule has 5 nitrogen and oxygen atoms in total. The molecule has 0 aliphatic carbocycles. The van der Waals surface area contributed by atoms with Crippen LogP contribution in [0.5, 0.6) is 5.75 Å². The smallest absolute Gasteiger partial charge is 0.492 e. The second-order valence-corrected chi connectivity index (χ2v) is 7.46. The summed E-state index contributed by atoms with van der Waals surface area (Å²) in [6.07, 6.45) is 1.97. The van der Waals surface area contributed by atoms with Crippen LogP contribution in [0.1, 0.15) is 45.7 Å². The maximum absolute atomic E-state index is 11.4. The number of hydrogen-bond acceptors (Lipinski definition) is 4. The summed E-state index contributed by atoms with van der Waals surface area (Å²) in [5.41, 5.74) is 2.00. The van der Waals surface area contributed by atoms with E-state index in [0.717, 1.165) is 22.3 Å². The molecular formula is C19H28BNO4. The van der Waals surface area contributed by atoms with E-state index in [1.165, 1.54) is 6.92 Å². The Bertz CT molecular complexity index is 666. The van der Waals surface area contributed by atoms with Crippen LogP contribution in [0.2, 0.25) is 0 Å². The minimum absolute atomic E-state index is 0.0988. The van der Waals surface area contributed by atoms with Crippen LogP contribution in [0.15, 0.2) is 23.7 Å². The molecule has 1 heterocycles. The second kappa shape index (κ2) is 7.22. The number of nitrogens with one attached hydrogen (secondary N) is 1. The number of aryl methyl sites for hydroxylation is 1. The third kappa shape index (κ3) is 4.44. The quantitative estimate of drug-likeness (QED) is 0.833. The lowest BCUT2D eigenvalue weighted by molar-refractivity contribution is -0.118. The van der Waals surface area contributed by atoms with Crippen molar-refractivity contribution in [3.8, 4) is 5.75 Å². The van der Waals surface area contributed by atoms with Gasteiger partial charge in [-0.2, -0.15) is 0 Å². The summed E-state index contributed by atoms with van der Waals surface area (Å²) in [5.74, 6) is 0.676. The maximum atomic E-state index is 11.4. The minimum atomic E-state index is -0.525. The van der Waals surface area contributed by atoms with Crippen molar-refractivity contribution < 1.29 is 18.8 Å². The summed E-state index contributed by atoms with van der Waals surface area (Å²) in [6.45, 7) is 11.9. The highest BCUT2D eigenvalue weighted by molar-refractivity contribution is 6.56. The molecule has 1 saturated heterocycles. The van der Waals surface area contributed by atoms with Gasteiger partial charge >= 0.3 is 7.12 Å². The molecule has 1 aromatic rings. The third-order valence-electron chi connectivity index (χ3n) is 4.83. The zero-order valence-corrected chi connectivity index (χ0v) is 16.2. The fourth-order valence-corrected chi connectivity index (χ4v) is 2.56. The van der Waals surface area contributed by atoms with Crippen molar-refractivity contribution >= 4 is 19.1 Å². The average molecular weight is 345 g/mol. The van der Waals surface area contributed by atoms with E-state index in [2.05, 4.69) is 5.32 Å². The Morgan fingerprint density at radius 1 is 1.24 bits per heavy atom.